The second-order valence-electron chi connectivity index (χ2n) is 3.44. The van der Waals surface area contributed by atoms with Gasteiger partial charge >= 0.3 is 0 Å². The molecule has 0 saturated heterocycles. The van der Waals surface area contributed by atoms with E-state index in [-0.39, 0.29) is 0 Å². The Morgan fingerprint density at radius 2 is 1.83 bits per heavy atom. The van der Waals surface area contributed by atoms with E-state index in [4.69, 9.17) is 0 Å². The van der Waals surface area contributed by atoms with E-state index in [1.807, 2.05) is 0 Å². The number of alkyl halides is 1. The average molecular weight is 236 g/mol. The van der Waals surface area contributed by atoms with Crippen molar-refractivity contribution in [3.8, 4) is 0 Å². The lowest BCUT2D eigenvalue weighted by molar-refractivity contribution is 0.177. The Hall–Kier alpha value is 0.440. The third kappa shape index (κ3) is 3.90. The zero-order valence-corrected chi connectivity index (χ0v) is 10.4. The van der Waals surface area contributed by atoms with Gasteiger partial charge in [0, 0.05) is 17.9 Å². The molecule has 0 aromatic heterocycles. The van der Waals surface area contributed by atoms with Crippen molar-refractivity contribution in [2.75, 3.05) is 18.4 Å². The summed E-state index contributed by atoms with van der Waals surface area (Å²) in [7, 11) is 0. The summed E-state index contributed by atoms with van der Waals surface area (Å²) in [5, 5.41) is 1.08. The highest BCUT2D eigenvalue weighted by Crippen LogP contribution is 2.13. The van der Waals surface area contributed by atoms with Gasteiger partial charge in [-0.1, -0.05) is 43.1 Å². The standard InChI is InChI=1S/C10H22BrN/c1-5-9(3)10(4)12(6-2)8-7-11/h9-10H,5-8H2,1-4H3. The van der Waals surface area contributed by atoms with Crippen LogP contribution in [0.25, 0.3) is 0 Å². The normalized spacial score (nSPS) is 16.5. The van der Waals surface area contributed by atoms with Gasteiger partial charge in [-0.25, -0.2) is 0 Å². The maximum atomic E-state index is 3.49. The summed E-state index contributed by atoms with van der Waals surface area (Å²) < 4.78 is 0. The highest BCUT2D eigenvalue weighted by atomic mass is 79.9. The SMILES string of the molecule is CCC(C)C(C)N(CC)CCBr. The van der Waals surface area contributed by atoms with Gasteiger partial charge in [0.1, 0.15) is 0 Å². The fourth-order valence-electron chi connectivity index (χ4n) is 1.46. The molecule has 0 aliphatic rings. The van der Waals surface area contributed by atoms with E-state index in [1.54, 1.807) is 0 Å². The number of hydrogen-bond acceptors (Lipinski definition) is 1. The molecule has 0 aliphatic heterocycles. The third-order valence-electron chi connectivity index (χ3n) is 2.82. The summed E-state index contributed by atoms with van der Waals surface area (Å²) in [5.74, 6) is 0.809. The number of halogens is 1. The van der Waals surface area contributed by atoms with E-state index in [0.717, 1.165) is 23.8 Å². The highest BCUT2D eigenvalue weighted by Gasteiger charge is 2.16. The van der Waals surface area contributed by atoms with Crippen molar-refractivity contribution in [2.45, 2.75) is 40.2 Å². The molecule has 0 bridgehead atoms. The monoisotopic (exact) mass is 235 g/mol. The van der Waals surface area contributed by atoms with E-state index in [1.165, 1.54) is 13.0 Å². The Balaban J connectivity index is 3.91. The first-order valence-electron chi connectivity index (χ1n) is 4.97. The smallest absolute Gasteiger partial charge is 0.0159 e. The molecular formula is C10H22BrN. The average Bonchev–Trinajstić information content (AvgIpc) is 2.11. The summed E-state index contributed by atoms with van der Waals surface area (Å²) in [6.07, 6.45) is 1.28. The molecule has 0 heterocycles. The minimum absolute atomic E-state index is 0.720. The van der Waals surface area contributed by atoms with E-state index in [9.17, 15) is 0 Å². The van der Waals surface area contributed by atoms with Gasteiger partial charge in [0.05, 0.1) is 0 Å². The van der Waals surface area contributed by atoms with Crippen molar-refractivity contribution in [1.82, 2.24) is 4.90 Å². The van der Waals surface area contributed by atoms with Crippen LogP contribution in [0.4, 0.5) is 0 Å². The zero-order valence-electron chi connectivity index (χ0n) is 8.81. The van der Waals surface area contributed by atoms with Crippen LogP contribution in [0.1, 0.15) is 34.1 Å². The van der Waals surface area contributed by atoms with Crippen molar-refractivity contribution in [2.24, 2.45) is 5.92 Å². The summed E-state index contributed by atoms with van der Waals surface area (Å²) in [4.78, 5) is 2.53. The minimum atomic E-state index is 0.720. The van der Waals surface area contributed by atoms with Crippen LogP contribution in [0.3, 0.4) is 0 Å². The zero-order chi connectivity index (χ0) is 9.56. The van der Waals surface area contributed by atoms with Gasteiger partial charge in [-0.05, 0) is 19.4 Å². The van der Waals surface area contributed by atoms with Crippen LogP contribution in [0, 0.1) is 5.92 Å². The number of hydrogen-bond donors (Lipinski definition) is 0. The van der Waals surface area contributed by atoms with E-state index < -0.39 is 0 Å². The van der Waals surface area contributed by atoms with Crippen molar-refractivity contribution >= 4 is 15.9 Å². The Bertz CT molecular complexity index is 106. The molecule has 12 heavy (non-hydrogen) atoms. The van der Waals surface area contributed by atoms with Crippen molar-refractivity contribution in [1.29, 1.82) is 0 Å². The first-order valence-corrected chi connectivity index (χ1v) is 6.09. The van der Waals surface area contributed by atoms with Crippen LogP contribution in [-0.2, 0) is 0 Å². The molecule has 1 nitrogen and oxygen atoms in total. The van der Waals surface area contributed by atoms with Gasteiger partial charge in [0.25, 0.3) is 0 Å². The maximum absolute atomic E-state index is 3.49. The van der Waals surface area contributed by atoms with Gasteiger partial charge in [0.2, 0.25) is 0 Å². The highest BCUT2D eigenvalue weighted by molar-refractivity contribution is 9.09. The summed E-state index contributed by atoms with van der Waals surface area (Å²) >= 11 is 3.49. The molecule has 74 valence electrons. The van der Waals surface area contributed by atoms with Crippen molar-refractivity contribution in [3.05, 3.63) is 0 Å². The minimum Gasteiger partial charge on any atom is -0.300 e. The lowest BCUT2D eigenvalue weighted by Crippen LogP contribution is -2.38. The van der Waals surface area contributed by atoms with Gasteiger partial charge in [0.15, 0.2) is 0 Å². The summed E-state index contributed by atoms with van der Waals surface area (Å²) in [6.45, 7) is 11.5. The fourth-order valence-corrected chi connectivity index (χ4v) is 1.91. The lowest BCUT2D eigenvalue weighted by Gasteiger charge is -2.31. The van der Waals surface area contributed by atoms with Crippen LogP contribution in [0.5, 0.6) is 0 Å². The van der Waals surface area contributed by atoms with E-state index >= 15 is 0 Å². The van der Waals surface area contributed by atoms with E-state index in [0.29, 0.717) is 0 Å². The molecule has 0 aromatic carbocycles. The van der Waals surface area contributed by atoms with Gasteiger partial charge < -0.3 is 0 Å². The topological polar surface area (TPSA) is 3.24 Å². The van der Waals surface area contributed by atoms with Crippen molar-refractivity contribution in [3.63, 3.8) is 0 Å². The van der Waals surface area contributed by atoms with Gasteiger partial charge in [-0.15, -0.1) is 0 Å². The molecule has 0 N–H and O–H groups in total. The molecule has 0 spiro atoms. The van der Waals surface area contributed by atoms with Gasteiger partial charge in [-0.2, -0.15) is 0 Å². The number of rotatable bonds is 6. The Labute approximate surface area is 85.7 Å². The van der Waals surface area contributed by atoms with Crippen LogP contribution in [-0.4, -0.2) is 29.4 Å². The first kappa shape index (κ1) is 12.4. The molecule has 0 aromatic rings. The quantitative estimate of drug-likeness (QED) is 0.640. The molecule has 2 heteroatoms. The summed E-state index contributed by atoms with van der Waals surface area (Å²) in [5.41, 5.74) is 0. The van der Waals surface area contributed by atoms with Gasteiger partial charge in [-0.3, -0.25) is 4.90 Å². The molecule has 0 amide bonds. The molecule has 0 radical (unpaired) electrons. The molecule has 0 aliphatic carbocycles. The first-order chi connectivity index (χ1) is 5.67. The molecule has 0 fully saturated rings. The Kier molecular flexibility index (Phi) is 7.16. The van der Waals surface area contributed by atoms with Crippen LogP contribution >= 0.6 is 15.9 Å². The Morgan fingerprint density at radius 1 is 1.25 bits per heavy atom. The maximum Gasteiger partial charge on any atom is 0.0159 e. The van der Waals surface area contributed by atoms with Crippen molar-refractivity contribution < 1.29 is 0 Å². The summed E-state index contributed by atoms with van der Waals surface area (Å²) in [6, 6.07) is 0.720. The molecule has 0 rings (SSSR count). The van der Waals surface area contributed by atoms with E-state index in [2.05, 4.69) is 48.5 Å². The molecule has 2 atom stereocenters. The Morgan fingerprint density at radius 3 is 2.17 bits per heavy atom. The molecular weight excluding hydrogens is 214 g/mol. The van der Waals surface area contributed by atoms with Crippen LogP contribution in [0.2, 0.25) is 0 Å². The molecule has 0 saturated carbocycles. The number of nitrogens with zero attached hydrogens (tertiary/aromatic N) is 1. The van der Waals surface area contributed by atoms with Crippen LogP contribution < -0.4 is 0 Å². The molecule has 2 unspecified atom stereocenters. The fraction of sp³-hybridized carbons (Fsp3) is 1.00. The third-order valence-corrected chi connectivity index (χ3v) is 3.18. The predicted molar refractivity (Wildman–Crippen MR) is 60.0 cm³/mol. The van der Waals surface area contributed by atoms with Crippen LogP contribution in [0.15, 0.2) is 0 Å². The largest absolute Gasteiger partial charge is 0.300 e. The second-order valence-corrected chi connectivity index (χ2v) is 4.24. The lowest BCUT2D eigenvalue weighted by atomic mass is 9.99. The predicted octanol–water partition coefficient (Wildman–Crippen LogP) is 3.14. The second kappa shape index (κ2) is 6.90.